The molecule has 1 unspecified atom stereocenters. The van der Waals surface area contributed by atoms with Crippen LogP contribution in [0, 0.1) is 11.6 Å². The summed E-state index contributed by atoms with van der Waals surface area (Å²) in [5.41, 5.74) is 6.99. The molecule has 18 heavy (non-hydrogen) atoms. The molecule has 0 aromatic heterocycles. The van der Waals surface area contributed by atoms with Crippen molar-refractivity contribution in [3.8, 4) is 0 Å². The molecule has 0 aliphatic heterocycles. The van der Waals surface area contributed by atoms with Crippen LogP contribution in [0.25, 0.3) is 0 Å². The second-order valence-electron chi connectivity index (χ2n) is 4.11. The summed E-state index contributed by atoms with van der Waals surface area (Å²) in [4.78, 5) is 0. The topological polar surface area (TPSA) is 26.0 Å². The minimum absolute atomic E-state index is 0.328. The van der Waals surface area contributed by atoms with Gasteiger partial charge in [0.2, 0.25) is 0 Å². The zero-order valence-electron chi connectivity index (χ0n) is 9.54. The van der Waals surface area contributed by atoms with Gasteiger partial charge in [-0.15, -0.1) is 0 Å². The molecule has 0 bridgehead atoms. The van der Waals surface area contributed by atoms with Gasteiger partial charge in [0.1, 0.15) is 11.6 Å². The molecule has 0 saturated carbocycles. The molecular formula is C14H12ClF2N. The molecule has 4 heteroatoms. The number of hydrogen-bond acceptors (Lipinski definition) is 1. The van der Waals surface area contributed by atoms with Crippen LogP contribution in [0.2, 0.25) is 5.02 Å². The van der Waals surface area contributed by atoms with E-state index < -0.39 is 11.9 Å². The molecule has 0 aliphatic rings. The van der Waals surface area contributed by atoms with Crippen LogP contribution < -0.4 is 5.73 Å². The van der Waals surface area contributed by atoms with Gasteiger partial charge >= 0.3 is 0 Å². The van der Waals surface area contributed by atoms with Crippen molar-refractivity contribution in [2.24, 2.45) is 5.73 Å². The molecule has 2 N–H and O–H groups in total. The Hall–Kier alpha value is -1.45. The average Bonchev–Trinajstić information content (AvgIpc) is 2.32. The quantitative estimate of drug-likeness (QED) is 0.898. The van der Waals surface area contributed by atoms with Gasteiger partial charge in [0.05, 0.1) is 0 Å². The van der Waals surface area contributed by atoms with Crippen LogP contribution in [0.15, 0.2) is 42.5 Å². The minimum Gasteiger partial charge on any atom is -0.324 e. The van der Waals surface area contributed by atoms with E-state index in [2.05, 4.69) is 0 Å². The smallest absolute Gasteiger partial charge is 0.128 e. The van der Waals surface area contributed by atoms with E-state index in [1.807, 2.05) is 0 Å². The van der Waals surface area contributed by atoms with E-state index in [4.69, 9.17) is 17.3 Å². The van der Waals surface area contributed by atoms with Gasteiger partial charge in [-0.3, -0.25) is 0 Å². The Morgan fingerprint density at radius 1 is 1.11 bits per heavy atom. The van der Waals surface area contributed by atoms with E-state index in [0.717, 1.165) is 5.56 Å². The molecule has 1 atom stereocenters. The molecule has 0 radical (unpaired) electrons. The van der Waals surface area contributed by atoms with Crippen LogP contribution in [-0.4, -0.2) is 0 Å². The van der Waals surface area contributed by atoms with E-state index >= 15 is 0 Å². The third-order valence-corrected chi connectivity index (χ3v) is 2.94. The first-order valence-corrected chi connectivity index (χ1v) is 5.89. The third kappa shape index (κ3) is 3.06. The summed E-state index contributed by atoms with van der Waals surface area (Å²) in [5, 5.41) is 0.432. The van der Waals surface area contributed by atoms with E-state index in [9.17, 15) is 8.78 Å². The molecule has 2 aromatic rings. The number of benzene rings is 2. The van der Waals surface area contributed by atoms with Crippen molar-refractivity contribution in [2.45, 2.75) is 12.5 Å². The summed E-state index contributed by atoms with van der Waals surface area (Å²) >= 11 is 5.81. The van der Waals surface area contributed by atoms with Crippen LogP contribution in [0.5, 0.6) is 0 Å². The first-order valence-electron chi connectivity index (χ1n) is 5.51. The minimum atomic E-state index is -0.550. The maximum Gasteiger partial charge on any atom is 0.128 e. The molecule has 0 saturated heterocycles. The van der Waals surface area contributed by atoms with Crippen LogP contribution in [0.4, 0.5) is 8.78 Å². The highest BCUT2D eigenvalue weighted by atomic mass is 35.5. The van der Waals surface area contributed by atoms with Gasteiger partial charge in [0.25, 0.3) is 0 Å². The van der Waals surface area contributed by atoms with Crippen LogP contribution in [0.3, 0.4) is 0 Å². The maximum atomic E-state index is 13.6. The SMILES string of the molecule is NC(Cc1cccc(F)c1)c1cc(Cl)ccc1F. The maximum absolute atomic E-state index is 13.6. The summed E-state index contributed by atoms with van der Waals surface area (Å²) in [7, 11) is 0. The van der Waals surface area contributed by atoms with Crippen molar-refractivity contribution in [1.29, 1.82) is 0 Å². The summed E-state index contributed by atoms with van der Waals surface area (Å²) in [6, 6.07) is 9.80. The zero-order chi connectivity index (χ0) is 13.1. The van der Waals surface area contributed by atoms with Crippen molar-refractivity contribution in [1.82, 2.24) is 0 Å². The summed E-state index contributed by atoms with van der Waals surface area (Å²) in [6.45, 7) is 0. The number of hydrogen-bond donors (Lipinski definition) is 1. The van der Waals surface area contributed by atoms with E-state index in [-0.39, 0.29) is 5.82 Å². The average molecular weight is 268 g/mol. The number of halogens is 3. The Labute approximate surface area is 109 Å². The highest BCUT2D eigenvalue weighted by Gasteiger charge is 2.13. The zero-order valence-corrected chi connectivity index (χ0v) is 10.3. The Morgan fingerprint density at radius 3 is 2.61 bits per heavy atom. The molecule has 0 aliphatic carbocycles. The summed E-state index contributed by atoms with van der Waals surface area (Å²) < 4.78 is 26.6. The lowest BCUT2D eigenvalue weighted by Gasteiger charge is -2.13. The second kappa shape index (κ2) is 5.46. The first-order chi connectivity index (χ1) is 8.56. The van der Waals surface area contributed by atoms with Crippen molar-refractivity contribution >= 4 is 11.6 Å². The van der Waals surface area contributed by atoms with E-state index in [1.165, 1.54) is 30.3 Å². The first kappa shape index (κ1) is 13.0. The molecule has 94 valence electrons. The Kier molecular flexibility index (Phi) is 3.94. The lowest BCUT2D eigenvalue weighted by molar-refractivity contribution is 0.578. The fraction of sp³-hybridized carbons (Fsp3) is 0.143. The van der Waals surface area contributed by atoms with E-state index in [1.54, 1.807) is 12.1 Å². The Balaban J connectivity index is 2.21. The van der Waals surface area contributed by atoms with Gasteiger partial charge in [0.15, 0.2) is 0 Å². The number of nitrogens with two attached hydrogens (primary N) is 1. The van der Waals surface area contributed by atoms with Gasteiger partial charge in [-0.05, 0) is 42.3 Å². The monoisotopic (exact) mass is 267 g/mol. The van der Waals surface area contributed by atoms with Crippen molar-refractivity contribution in [2.75, 3.05) is 0 Å². The standard InChI is InChI=1S/C14H12ClF2N/c15-10-4-5-13(17)12(8-10)14(18)7-9-2-1-3-11(16)6-9/h1-6,8,14H,7,18H2. The number of rotatable bonds is 3. The van der Waals surface area contributed by atoms with Crippen LogP contribution in [-0.2, 0) is 6.42 Å². The predicted octanol–water partition coefficient (Wildman–Crippen LogP) is 3.86. The van der Waals surface area contributed by atoms with Gasteiger partial charge in [0, 0.05) is 16.6 Å². The van der Waals surface area contributed by atoms with Crippen LogP contribution in [0.1, 0.15) is 17.2 Å². The fourth-order valence-electron chi connectivity index (χ4n) is 1.83. The van der Waals surface area contributed by atoms with E-state index in [0.29, 0.717) is 17.0 Å². The molecule has 0 spiro atoms. The second-order valence-corrected chi connectivity index (χ2v) is 4.54. The normalized spacial score (nSPS) is 12.4. The highest BCUT2D eigenvalue weighted by Crippen LogP contribution is 2.22. The lowest BCUT2D eigenvalue weighted by atomic mass is 9.99. The summed E-state index contributed by atoms with van der Waals surface area (Å²) in [5.74, 6) is -0.727. The molecule has 0 fully saturated rings. The molecule has 1 nitrogen and oxygen atoms in total. The van der Waals surface area contributed by atoms with Crippen molar-refractivity contribution in [3.05, 3.63) is 70.2 Å². The Bertz CT molecular complexity index is 557. The Morgan fingerprint density at radius 2 is 1.89 bits per heavy atom. The highest BCUT2D eigenvalue weighted by molar-refractivity contribution is 6.30. The molecule has 0 amide bonds. The molecule has 0 heterocycles. The molecular weight excluding hydrogens is 256 g/mol. The fourth-order valence-corrected chi connectivity index (χ4v) is 2.01. The van der Waals surface area contributed by atoms with Gasteiger partial charge in [-0.1, -0.05) is 23.7 Å². The van der Waals surface area contributed by atoms with Gasteiger partial charge in [-0.25, -0.2) is 8.78 Å². The van der Waals surface area contributed by atoms with Crippen LogP contribution >= 0.6 is 11.6 Å². The predicted molar refractivity (Wildman–Crippen MR) is 68.4 cm³/mol. The van der Waals surface area contributed by atoms with Gasteiger partial charge < -0.3 is 5.73 Å². The van der Waals surface area contributed by atoms with Gasteiger partial charge in [-0.2, -0.15) is 0 Å². The van der Waals surface area contributed by atoms with Crippen molar-refractivity contribution in [3.63, 3.8) is 0 Å². The third-order valence-electron chi connectivity index (χ3n) is 2.70. The summed E-state index contributed by atoms with van der Waals surface area (Å²) in [6.07, 6.45) is 0.356. The molecule has 2 rings (SSSR count). The van der Waals surface area contributed by atoms with Crippen molar-refractivity contribution < 1.29 is 8.78 Å². The molecule has 2 aromatic carbocycles. The lowest BCUT2D eigenvalue weighted by Crippen LogP contribution is -2.15. The largest absolute Gasteiger partial charge is 0.324 e.